The van der Waals surface area contributed by atoms with Crippen molar-refractivity contribution in [3.63, 3.8) is 0 Å². The van der Waals surface area contributed by atoms with Crippen molar-refractivity contribution >= 4 is 5.91 Å². The van der Waals surface area contributed by atoms with Crippen molar-refractivity contribution < 1.29 is 9.90 Å². The van der Waals surface area contributed by atoms with Crippen molar-refractivity contribution in [1.29, 1.82) is 0 Å². The van der Waals surface area contributed by atoms with Gasteiger partial charge in [0.15, 0.2) is 0 Å². The highest BCUT2D eigenvalue weighted by Gasteiger charge is 2.12. The lowest BCUT2D eigenvalue weighted by atomic mass is 10.1. The van der Waals surface area contributed by atoms with E-state index in [-0.39, 0.29) is 25.0 Å². The van der Waals surface area contributed by atoms with Gasteiger partial charge in [-0.1, -0.05) is 0 Å². The molecular weight excluding hydrogens is 234 g/mol. The molecule has 1 heterocycles. The van der Waals surface area contributed by atoms with E-state index in [0.717, 1.165) is 5.56 Å². The van der Waals surface area contributed by atoms with Crippen LogP contribution in [0.2, 0.25) is 0 Å². The highest BCUT2D eigenvalue weighted by Crippen LogP contribution is 2.07. The molecule has 6 nitrogen and oxygen atoms in total. The van der Waals surface area contributed by atoms with Gasteiger partial charge in [-0.15, -0.1) is 0 Å². The quantitative estimate of drug-likeness (QED) is 0.678. The first-order valence-corrected chi connectivity index (χ1v) is 5.90. The second-order valence-corrected chi connectivity index (χ2v) is 4.39. The number of nitrogens with zero attached hydrogens (tertiary/aromatic N) is 1. The molecule has 0 saturated carbocycles. The van der Waals surface area contributed by atoms with Gasteiger partial charge in [-0.3, -0.25) is 4.79 Å². The number of carbonyl (C=O) groups excluding carboxylic acids is 1. The molecule has 0 fully saturated rings. The van der Waals surface area contributed by atoms with Gasteiger partial charge in [0.25, 0.3) is 0 Å². The minimum Gasteiger partial charge on any atom is -0.396 e. The highest BCUT2D eigenvalue weighted by atomic mass is 16.3. The average molecular weight is 253 g/mol. The summed E-state index contributed by atoms with van der Waals surface area (Å²) in [5.41, 5.74) is 1.57. The van der Waals surface area contributed by atoms with Crippen LogP contribution in [0.5, 0.6) is 0 Å². The summed E-state index contributed by atoms with van der Waals surface area (Å²) in [5, 5.41) is 11.5. The Hall–Kier alpha value is -1.69. The Bertz CT molecular complexity index is 456. The number of rotatable bonds is 5. The van der Waals surface area contributed by atoms with E-state index >= 15 is 0 Å². The van der Waals surface area contributed by atoms with Crippen LogP contribution >= 0.6 is 0 Å². The molecule has 100 valence electrons. The van der Waals surface area contributed by atoms with Gasteiger partial charge < -0.3 is 15.4 Å². The van der Waals surface area contributed by atoms with Gasteiger partial charge in [0.05, 0.1) is 6.42 Å². The van der Waals surface area contributed by atoms with E-state index in [1.54, 1.807) is 13.8 Å². The first-order valence-electron chi connectivity index (χ1n) is 5.90. The van der Waals surface area contributed by atoms with Crippen molar-refractivity contribution in [3.8, 4) is 0 Å². The smallest absolute Gasteiger partial charge is 0.345 e. The molecule has 0 aromatic carbocycles. The molecule has 0 bridgehead atoms. The van der Waals surface area contributed by atoms with Gasteiger partial charge >= 0.3 is 5.69 Å². The van der Waals surface area contributed by atoms with E-state index < -0.39 is 5.69 Å². The maximum atomic E-state index is 11.8. The maximum Gasteiger partial charge on any atom is 0.345 e. The summed E-state index contributed by atoms with van der Waals surface area (Å²) in [7, 11) is 0. The number of amides is 1. The summed E-state index contributed by atoms with van der Waals surface area (Å²) < 4.78 is 0. The summed E-state index contributed by atoms with van der Waals surface area (Å²) in [4.78, 5) is 29.2. The van der Waals surface area contributed by atoms with Crippen molar-refractivity contribution in [3.05, 3.63) is 27.4 Å². The van der Waals surface area contributed by atoms with Crippen LogP contribution in [-0.4, -0.2) is 33.6 Å². The lowest BCUT2D eigenvalue weighted by Crippen LogP contribution is -2.35. The zero-order valence-electron chi connectivity index (χ0n) is 10.9. The highest BCUT2D eigenvalue weighted by molar-refractivity contribution is 5.79. The summed E-state index contributed by atoms with van der Waals surface area (Å²) in [6, 6.07) is -0.0705. The van der Waals surface area contributed by atoms with Crippen molar-refractivity contribution in [2.75, 3.05) is 6.61 Å². The average Bonchev–Trinajstić information content (AvgIpc) is 2.23. The van der Waals surface area contributed by atoms with E-state index in [4.69, 9.17) is 5.11 Å². The molecule has 6 heteroatoms. The van der Waals surface area contributed by atoms with Crippen LogP contribution in [0.3, 0.4) is 0 Å². The molecule has 3 N–H and O–H groups in total. The molecule has 0 saturated heterocycles. The van der Waals surface area contributed by atoms with Crippen LogP contribution < -0.4 is 11.0 Å². The fraction of sp³-hybridized carbons (Fsp3) is 0.583. The third-order valence-electron chi connectivity index (χ3n) is 2.76. The Labute approximate surface area is 105 Å². The zero-order chi connectivity index (χ0) is 13.7. The van der Waals surface area contributed by atoms with Crippen molar-refractivity contribution in [2.24, 2.45) is 0 Å². The lowest BCUT2D eigenvalue weighted by Gasteiger charge is -2.13. The second-order valence-electron chi connectivity index (χ2n) is 4.39. The number of aryl methyl sites for hydroxylation is 2. The van der Waals surface area contributed by atoms with Crippen LogP contribution in [0, 0.1) is 13.8 Å². The normalized spacial score (nSPS) is 12.2. The molecular formula is C12H19N3O3. The summed E-state index contributed by atoms with van der Waals surface area (Å²) in [5.74, 6) is -0.143. The predicted molar refractivity (Wildman–Crippen MR) is 67.3 cm³/mol. The minimum absolute atomic E-state index is 0.0414. The topological polar surface area (TPSA) is 95.1 Å². The van der Waals surface area contributed by atoms with E-state index in [1.165, 1.54) is 0 Å². The molecule has 1 rings (SSSR count). The first-order chi connectivity index (χ1) is 8.43. The van der Waals surface area contributed by atoms with E-state index in [0.29, 0.717) is 17.8 Å². The molecule has 0 aliphatic carbocycles. The van der Waals surface area contributed by atoms with Gasteiger partial charge in [0, 0.05) is 29.6 Å². The Morgan fingerprint density at radius 3 is 2.72 bits per heavy atom. The second kappa shape index (κ2) is 6.30. The summed E-state index contributed by atoms with van der Waals surface area (Å²) in [6.07, 6.45) is 0.699. The Morgan fingerprint density at radius 2 is 2.17 bits per heavy atom. The SMILES string of the molecule is Cc1nc(=O)[nH]c(C)c1CC(=O)NC(C)CCO. The number of aliphatic hydroxyl groups is 1. The van der Waals surface area contributed by atoms with Crippen LogP contribution in [0.1, 0.15) is 30.3 Å². The third-order valence-corrected chi connectivity index (χ3v) is 2.76. The molecule has 1 aromatic heterocycles. The molecule has 1 unspecified atom stereocenters. The molecule has 0 spiro atoms. The zero-order valence-corrected chi connectivity index (χ0v) is 10.9. The largest absolute Gasteiger partial charge is 0.396 e. The fourth-order valence-electron chi connectivity index (χ4n) is 1.77. The molecule has 1 aromatic rings. The number of nitrogens with one attached hydrogen (secondary N) is 2. The summed E-state index contributed by atoms with van der Waals surface area (Å²) in [6.45, 7) is 5.33. The van der Waals surface area contributed by atoms with Gasteiger partial charge in [-0.2, -0.15) is 4.98 Å². The van der Waals surface area contributed by atoms with Crippen molar-refractivity contribution in [2.45, 2.75) is 39.7 Å². The van der Waals surface area contributed by atoms with E-state index in [2.05, 4.69) is 15.3 Å². The number of aromatic amines is 1. The monoisotopic (exact) mass is 253 g/mol. The Morgan fingerprint density at radius 1 is 1.50 bits per heavy atom. The first kappa shape index (κ1) is 14.4. The fourth-order valence-corrected chi connectivity index (χ4v) is 1.77. The summed E-state index contributed by atoms with van der Waals surface area (Å²) >= 11 is 0. The van der Waals surface area contributed by atoms with Crippen molar-refractivity contribution in [1.82, 2.24) is 15.3 Å². The lowest BCUT2D eigenvalue weighted by molar-refractivity contribution is -0.121. The number of aliphatic hydroxyl groups excluding tert-OH is 1. The number of H-pyrrole nitrogens is 1. The Kier molecular flexibility index (Phi) is 5.03. The molecule has 0 radical (unpaired) electrons. The van der Waals surface area contributed by atoms with Crippen LogP contribution in [0.25, 0.3) is 0 Å². The molecule has 0 aliphatic rings. The standard InChI is InChI=1S/C12H19N3O3/c1-7(4-5-16)13-11(17)6-10-8(2)14-12(18)15-9(10)3/h7,16H,4-6H2,1-3H3,(H,13,17)(H,14,15,18). The van der Waals surface area contributed by atoms with Gasteiger partial charge in [-0.25, -0.2) is 4.79 Å². The third kappa shape index (κ3) is 3.96. The van der Waals surface area contributed by atoms with Gasteiger partial charge in [0.1, 0.15) is 0 Å². The van der Waals surface area contributed by atoms with E-state index in [1.807, 2.05) is 6.92 Å². The number of hydrogen-bond acceptors (Lipinski definition) is 4. The molecule has 1 atom stereocenters. The van der Waals surface area contributed by atoms with Gasteiger partial charge in [0.2, 0.25) is 5.91 Å². The Balaban J connectivity index is 2.73. The molecule has 18 heavy (non-hydrogen) atoms. The number of carbonyl (C=O) groups is 1. The molecule has 1 amide bonds. The maximum absolute atomic E-state index is 11.8. The minimum atomic E-state index is -0.400. The predicted octanol–water partition coefficient (Wildman–Crippen LogP) is -0.184. The van der Waals surface area contributed by atoms with Crippen LogP contribution in [-0.2, 0) is 11.2 Å². The molecule has 0 aliphatic heterocycles. The van der Waals surface area contributed by atoms with Crippen LogP contribution in [0.15, 0.2) is 4.79 Å². The number of aromatic nitrogens is 2. The van der Waals surface area contributed by atoms with E-state index in [9.17, 15) is 9.59 Å². The van der Waals surface area contributed by atoms with Gasteiger partial charge in [-0.05, 0) is 27.2 Å². The van der Waals surface area contributed by atoms with Crippen LogP contribution in [0.4, 0.5) is 0 Å². The number of hydrogen-bond donors (Lipinski definition) is 3.